The number of hydrogen-bond acceptors (Lipinski definition) is 5. The molecule has 2 rings (SSSR count). The van der Waals surface area contributed by atoms with Gasteiger partial charge in [0.15, 0.2) is 5.13 Å². The van der Waals surface area contributed by atoms with Gasteiger partial charge in [0.1, 0.15) is 5.69 Å². The highest BCUT2D eigenvalue weighted by atomic mass is 32.1. The molecule has 0 saturated carbocycles. The molecule has 0 unspecified atom stereocenters. The number of carbonyl (C=O) groups is 3. The minimum Gasteiger partial charge on any atom is -0.358 e. The van der Waals surface area contributed by atoms with Crippen molar-refractivity contribution < 1.29 is 14.4 Å². The molecule has 9 heteroatoms. The molecule has 2 aromatic rings. The lowest BCUT2D eigenvalue weighted by Gasteiger charge is -2.05. The van der Waals surface area contributed by atoms with Crippen molar-refractivity contribution in [1.82, 2.24) is 20.9 Å². The number of amides is 4. The van der Waals surface area contributed by atoms with E-state index in [4.69, 9.17) is 0 Å². The monoisotopic (exact) mass is 347 g/mol. The highest BCUT2D eigenvalue weighted by Crippen LogP contribution is 2.15. The van der Waals surface area contributed by atoms with Gasteiger partial charge in [0.25, 0.3) is 5.91 Å². The lowest BCUT2D eigenvalue weighted by atomic mass is 10.2. The van der Waals surface area contributed by atoms with E-state index in [1.165, 1.54) is 12.4 Å². The van der Waals surface area contributed by atoms with Crippen molar-refractivity contribution >= 4 is 34.3 Å². The molecular formula is C15H17N5O3S. The van der Waals surface area contributed by atoms with Gasteiger partial charge >= 0.3 is 6.03 Å². The summed E-state index contributed by atoms with van der Waals surface area (Å²) in [6, 6.07) is 9.07. The van der Waals surface area contributed by atoms with E-state index in [-0.39, 0.29) is 18.1 Å². The Labute approximate surface area is 142 Å². The van der Waals surface area contributed by atoms with Crippen LogP contribution in [0.15, 0.2) is 35.7 Å². The van der Waals surface area contributed by atoms with Gasteiger partial charge in [-0.3, -0.25) is 14.9 Å². The molecule has 0 fully saturated rings. The zero-order valence-corrected chi connectivity index (χ0v) is 13.8. The van der Waals surface area contributed by atoms with E-state index in [2.05, 4.69) is 26.3 Å². The maximum absolute atomic E-state index is 11.8. The summed E-state index contributed by atoms with van der Waals surface area (Å²) in [6.07, 6.45) is 0. The van der Waals surface area contributed by atoms with Gasteiger partial charge in [-0.05, 0) is 5.56 Å². The van der Waals surface area contributed by atoms with Crippen molar-refractivity contribution in [2.24, 2.45) is 0 Å². The average molecular weight is 347 g/mol. The zero-order valence-electron chi connectivity index (χ0n) is 13.0. The Kier molecular flexibility index (Phi) is 6.26. The van der Waals surface area contributed by atoms with Gasteiger partial charge in [0, 0.05) is 19.0 Å². The molecular weight excluding hydrogens is 330 g/mol. The lowest BCUT2D eigenvalue weighted by molar-refractivity contribution is -0.119. The molecule has 8 nitrogen and oxygen atoms in total. The predicted octanol–water partition coefficient (Wildman–Crippen LogP) is 0.941. The summed E-state index contributed by atoms with van der Waals surface area (Å²) in [7, 11) is 1.48. The third-order valence-corrected chi connectivity index (χ3v) is 3.70. The van der Waals surface area contributed by atoms with E-state index in [9.17, 15) is 14.4 Å². The molecule has 0 atom stereocenters. The Morgan fingerprint density at radius 2 is 1.88 bits per heavy atom. The molecule has 4 N–H and O–H groups in total. The number of carbonyl (C=O) groups excluding carboxylic acids is 3. The summed E-state index contributed by atoms with van der Waals surface area (Å²) in [6.45, 7) is 0.255. The Bertz CT molecular complexity index is 717. The van der Waals surface area contributed by atoms with E-state index in [1.54, 1.807) is 0 Å². The fourth-order valence-corrected chi connectivity index (χ4v) is 2.38. The summed E-state index contributed by atoms with van der Waals surface area (Å²) in [4.78, 5) is 38.7. The summed E-state index contributed by atoms with van der Waals surface area (Å²) in [5.74, 6) is -0.787. The molecule has 0 aliphatic carbocycles. The fraction of sp³-hybridized carbons (Fsp3) is 0.200. The van der Waals surface area contributed by atoms with E-state index < -0.39 is 11.9 Å². The molecule has 0 saturated heterocycles. The summed E-state index contributed by atoms with van der Waals surface area (Å²) >= 11 is 1.12. The standard InChI is InChI=1S/C15H17N5O3S/c1-16-12(21)8-17-13(22)11-9-24-15(19-11)20-14(23)18-7-10-5-3-2-4-6-10/h2-6,9H,7-8H2,1H3,(H,16,21)(H,17,22)(H2,18,19,20,23). The molecule has 1 aromatic carbocycles. The molecule has 1 heterocycles. The Hall–Kier alpha value is -2.94. The minimum atomic E-state index is -0.479. The number of rotatable bonds is 6. The molecule has 4 amide bonds. The number of urea groups is 1. The van der Waals surface area contributed by atoms with Crippen LogP contribution in [0, 0.1) is 0 Å². The van der Waals surface area contributed by atoms with Crippen LogP contribution in [-0.4, -0.2) is 36.4 Å². The van der Waals surface area contributed by atoms with Crippen LogP contribution in [0.1, 0.15) is 16.1 Å². The Morgan fingerprint density at radius 1 is 1.12 bits per heavy atom. The maximum Gasteiger partial charge on any atom is 0.321 e. The first-order chi connectivity index (χ1) is 11.6. The van der Waals surface area contributed by atoms with Crippen LogP contribution in [0.25, 0.3) is 0 Å². The lowest BCUT2D eigenvalue weighted by Crippen LogP contribution is -2.35. The second-order valence-corrected chi connectivity index (χ2v) is 5.55. The molecule has 0 bridgehead atoms. The number of nitrogens with zero attached hydrogens (tertiary/aromatic N) is 1. The molecule has 24 heavy (non-hydrogen) atoms. The van der Waals surface area contributed by atoms with Gasteiger partial charge in [-0.15, -0.1) is 11.3 Å². The minimum absolute atomic E-state index is 0.132. The van der Waals surface area contributed by atoms with Crippen molar-refractivity contribution in [1.29, 1.82) is 0 Å². The van der Waals surface area contributed by atoms with Crippen LogP contribution >= 0.6 is 11.3 Å². The van der Waals surface area contributed by atoms with Crippen LogP contribution in [0.3, 0.4) is 0 Å². The van der Waals surface area contributed by atoms with Crippen molar-refractivity contribution in [3.05, 3.63) is 47.0 Å². The third-order valence-electron chi connectivity index (χ3n) is 2.94. The summed E-state index contributed by atoms with van der Waals surface area (Å²) < 4.78 is 0. The molecule has 0 aliphatic heterocycles. The number of anilines is 1. The first-order valence-corrected chi connectivity index (χ1v) is 7.99. The van der Waals surface area contributed by atoms with E-state index in [1.807, 2.05) is 30.3 Å². The van der Waals surface area contributed by atoms with Gasteiger partial charge in [0.05, 0.1) is 6.54 Å². The maximum atomic E-state index is 11.8. The first-order valence-electron chi connectivity index (χ1n) is 7.11. The number of benzene rings is 1. The molecule has 126 valence electrons. The van der Waals surface area contributed by atoms with Gasteiger partial charge in [-0.25, -0.2) is 9.78 Å². The van der Waals surface area contributed by atoms with Crippen LogP contribution in [-0.2, 0) is 11.3 Å². The quantitative estimate of drug-likeness (QED) is 0.623. The van der Waals surface area contributed by atoms with E-state index in [0.29, 0.717) is 11.7 Å². The smallest absolute Gasteiger partial charge is 0.321 e. The first kappa shape index (κ1) is 17.4. The number of nitrogens with one attached hydrogen (secondary N) is 4. The molecule has 0 aliphatic rings. The zero-order chi connectivity index (χ0) is 17.4. The number of hydrogen-bond donors (Lipinski definition) is 4. The second-order valence-electron chi connectivity index (χ2n) is 4.69. The van der Waals surface area contributed by atoms with Crippen LogP contribution < -0.4 is 21.3 Å². The number of aromatic nitrogens is 1. The second kappa shape index (κ2) is 8.63. The predicted molar refractivity (Wildman–Crippen MR) is 90.8 cm³/mol. The Balaban J connectivity index is 1.81. The van der Waals surface area contributed by atoms with Crippen molar-refractivity contribution in [2.75, 3.05) is 18.9 Å². The van der Waals surface area contributed by atoms with Crippen molar-refractivity contribution in [3.63, 3.8) is 0 Å². The highest BCUT2D eigenvalue weighted by Gasteiger charge is 2.13. The number of likely N-dealkylation sites (N-methyl/N-ethyl adjacent to an activating group) is 1. The normalized spacial score (nSPS) is 9.88. The SMILES string of the molecule is CNC(=O)CNC(=O)c1csc(NC(=O)NCc2ccccc2)n1. The third kappa shape index (κ3) is 5.36. The number of thiazole rings is 1. The Morgan fingerprint density at radius 3 is 2.58 bits per heavy atom. The van der Waals surface area contributed by atoms with Gasteiger partial charge < -0.3 is 16.0 Å². The van der Waals surface area contributed by atoms with Gasteiger partial charge in [-0.1, -0.05) is 30.3 Å². The topological polar surface area (TPSA) is 112 Å². The van der Waals surface area contributed by atoms with E-state index in [0.717, 1.165) is 16.9 Å². The molecule has 0 spiro atoms. The van der Waals surface area contributed by atoms with Crippen molar-refractivity contribution in [2.45, 2.75) is 6.54 Å². The van der Waals surface area contributed by atoms with Gasteiger partial charge in [-0.2, -0.15) is 0 Å². The summed E-state index contributed by atoms with van der Waals surface area (Å²) in [5.41, 5.74) is 1.11. The van der Waals surface area contributed by atoms with Crippen LogP contribution in [0.5, 0.6) is 0 Å². The highest BCUT2D eigenvalue weighted by molar-refractivity contribution is 7.14. The van der Waals surface area contributed by atoms with Gasteiger partial charge in [0.2, 0.25) is 5.91 Å². The van der Waals surface area contributed by atoms with Crippen LogP contribution in [0.2, 0.25) is 0 Å². The van der Waals surface area contributed by atoms with Crippen molar-refractivity contribution in [3.8, 4) is 0 Å². The average Bonchev–Trinajstić information content (AvgIpc) is 3.07. The molecule has 1 aromatic heterocycles. The largest absolute Gasteiger partial charge is 0.358 e. The fourth-order valence-electron chi connectivity index (χ4n) is 1.69. The summed E-state index contributed by atoms with van der Waals surface area (Å²) in [5, 5.41) is 11.9. The van der Waals surface area contributed by atoms with E-state index >= 15 is 0 Å². The van der Waals surface area contributed by atoms with Crippen LogP contribution in [0.4, 0.5) is 9.93 Å². The molecule has 0 radical (unpaired) electrons.